The smallest absolute Gasteiger partial charge is 0.410 e. The number of piperidine rings is 1. The molecule has 3 aromatic rings. The van der Waals surface area contributed by atoms with Crippen molar-refractivity contribution in [1.29, 1.82) is 0 Å². The van der Waals surface area contributed by atoms with E-state index in [0.29, 0.717) is 38.8 Å². The summed E-state index contributed by atoms with van der Waals surface area (Å²) in [7, 11) is 0. The van der Waals surface area contributed by atoms with Gasteiger partial charge in [-0.05, 0) is 56.7 Å². The Bertz CT molecular complexity index is 1280. The molecule has 7 heteroatoms. The number of amides is 1. The monoisotopic (exact) mass is 600 g/mol. The van der Waals surface area contributed by atoms with Gasteiger partial charge in [-0.25, -0.2) is 4.79 Å². The number of ether oxygens (including phenoxy) is 4. The Kier molecular flexibility index (Phi) is 11.1. The molecule has 0 spiro atoms. The number of hydrogen-bond donors (Lipinski definition) is 0. The van der Waals surface area contributed by atoms with Crippen LogP contribution in [0.25, 0.3) is 0 Å². The molecule has 2 aliphatic heterocycles. The second-order valence-corrected chi connectivity index (χ2v) is 13.1. The van der Waals surface area contributed by atoms with Gasteiger partial charge in [0.25, 0.3) is 0 Å². The first-order chi connectivity index (χ1) is 21.2. The standard InChI is InChI=1S/C37H48N2O5/c1-28-34(42-26-30-16-10-6-11-17-30)35(43-27-31-18-12-7-13-19-31)33(41-25-29-14-8-5-9-15-29)24-39(28)23-32-20-21-38(22-32)36(40)44-37(2,3)4/h5-19,28,32-35H,20-27H2,1-4H3/t28-,32+,33+,34-,35-/m1/s1. The Hall–Kier alpha value is -3.23. The number of nitrogens with zero attached hydrogens (tertiary/aromatic N) is 2. The maximum atomic E-state index is 12.8. The second-order valence-electron chi connectivity index (χ2n) is 13.1. The fraction of sp³-hybridized carbons (Fsp3) is 0.486. The maximum Gasteiger partial charge on any atom is 0.410 e. The van der Waals surface area contributed by atoms with E-state index in [1.807, 2.05) is 80.3 Å². The van der Waals surface area contributed by atoms with E-state index in [1.54, 1.807) is 0 Å². The topological polar surface area (TPSA) is 60.5 Å². The largest absolute Gasteiger partial charge is 0.444 e. The molecule has 0 radical (unpaired) electrons. The lowest BCUT2D eigenvalue weighted by atomic mass is 9.92. The van der Waals surface area contributed by atoms with Crippen LogP contribution in [0.4, 0.5) is 4.79 Å². The lowest BCUT2D eigenvalue weighted by Crippen LogP contribution is -2.63. The lowest BCUT2D eigenvalue weighted by molar-refractivity contribution is -0.201. The second kappa shape index (κ2) is 15.2. The fourth-order valence-corrected chi connectivity index (χ4v) is 6.14. The van der Waals surface area contributed by atoms with Crippen LogP contribution in [0, 0.1) is 5.92 Å². The molecule has 2 fully saturated rings. The van der Waals surface area contributed by atoms with Crippen LogP contribution in [-0.2, 0) is 38.8 Å². The highest BCUT2D eigenvalue weighted by Gasteiger charge is 2.45. The van der Waals surface area contributed by atoms with Crippen molar-refractivity contribution >= 4 is 6.09 Å². The summed E-state index contributed by atoms with van der Waals surface area (Å²) in [6, 6.07) is 31.0. The third kappa shape index (κ3) is 9.14. The van der Waals surface area contributed by atoms with Crippen LogP contribution in [-0.4, -0.2) is 72.0 Å². The molecule has 0 bridgehead atoms. The van der Waals surface area contributed by atoms with E-state index >= 15 is 0 Å². The van der Waals surface area contributed by atoms with Crippen LogP contribution in [0.2, 0.25) is 0 Å². The van der Waals surface area contributed by atoms with Crippen molar-refractivity contribution in [2.24, 2.45) is 5.92 Å². The molecule has 0 aliphatic carbocycles. The average molecular weight is 601 g/mol. The minimum absolute atomic E-state index is 0.0895. The summed E-state index contributed by atoms with van der Waals surface area (Å²) in [5.74, 6) is 0.344. The van der Waals surface area contributed by atoms with Gasteiger partial charge in [-0.15, -0.1) is 0 Å². The molecule has 0 aromatic heterocycles. The number of rotatable bonds is 11. The van der Waals surface area contributed by atoms with Gasteiger partial charge in [0.1, 0.15) is 17.8 Å². The fourth-order valence-electron chi connectivity index (χ4n) is 6.14. The van der Waals surface area contributed by atoms with E-state index in [1.165, 1.54) is 0 Å². The van der Waals surface area contributed by atoms with Crippen molar-refractivity contribution in [1.82, 2.24) is 9.80 Å². The molecule has 5 atom stereocenters. The molecular weight excluding hydrogens is 552 g/mol. The Morgan fingerprint density at radius 2 is 1.23 bits per heavy atom. The Morgan fingerprint density at radius 3 is 1.75 bits per heavy atom. The van der Waals surface area contributed by atoms with Gasteiger partial charge < -0.3 is 23.8 Å². The summed E-state index contributed by atoms with van der Waals surface area (Å²) in [6.07, 6.45) is 0.0579. The molecule has 0 saturated carbocycles. The van der Waals surface area contributed by atoms with Gasteiger partial charge in [-0.3, -0.25) is 4.90 Å². The third-order valence-corrected chi connectivity index (χ3v) is 8.46. The van der Waals surface area contributed by atoms with Crippen molar-refractivity contribution < 1.29 is 23.7 Å². The normalized spacial score (nSPS) is 24.4. The molecule has 2 aliphatic rings. The van der Waals surface area contributed by atoms with Crippen LogP contribution < -0.4 is 0 Å². The first-order valence-electron chi connectivity index (χ1n) is 15.9. The van der Waals surface area contributed by atoms with E-state index in [9.17, 15) is 4.79 Å². The number of carbonyl (C=O) groups is 1. The zero-order valence-electron chi connectivity index (χ0n) is 26.6. The van der Waals surface area contributed by atoms with Gasteiger partial charge in [-0.1, -0.05) is 91.0 Å². The van der Waals surface area contributed by atoms with Crippen molar-refractivity contribution in [3.8, 4) is 0 Å². The van der Waals surface area contributed by atoms with E-state index in [0.717, 1.165) is 36.2 Å². The molecule has 2 saturated heterocycles. The molecule has 236 valence electrons. The van der Waals surface area contributed by atoms with E-state index < -0.39 is 5.60 Å². The summed E-state index contributed by atoms with van der Waals surface area (Å²) in [5.41, 5.74) is 2.88. The highest BCUT2D eigenvalue weighted by Crippen LogP contribution is 2.31. The van der Waals surface area contributed by atoms with Crippen LogP contribution >= 0.6 is 0 Å². The van der Waals surface area contributed by atoms with Crippen LogP contribution in [0.5, 0.6) is 0 Å². The van der Waals surface area contributed by atoms with E-state index in [4.69, 9.17) is 18.9 Å². The Balaban J connectivity index is 1.34. The zero-order valence-corrected chi connectivity index (χ0v) is 26.6. The molecular formula is C37H48N2O5. The maximum absolute atomic E-state index is 12.8. The molecule has 7 nitrogen and oxygen atoms in total. The molecule has 1 amide bonds. The van der Waals surface area contributed by atoms with E-state index in [2.05, 4.69) is 48.2 Å². The van der Waals surface area contributed by atoms with Crippen molar-refractivity contribution in [3.63, 3.8) is 0 Å². The van der Waals surface area contributed by atoms with Gasteiger partial charge >= 0.3 is 6.09 Å². The van der Waals surface area contributed by atoms with Crippen LogP contribution in [0.1, 0.15) is 50.8 Å². The lowest BCUT2D eigenvalue weighted by Gasteiger charge is -2.48. The van der Waals surface area contributed by atoms with Crippen LogP contribution in [0.3, 0.4) is 0 Å². The SMILES string of the molecule is C[C@@H]1[C@@H](OCc2ccccc2)[C@H](OCc2ccccc2)[C@@H](OCc2ccccc2)CN1C[C@H]1CCN(C(=O)OC(C)(C)C)C1. The van der Waals surface area contributed by atoms with Crippen molar-refractivity contribution in [2.45, 2.75) is 83.9 Å². The Labute approximate surface area is 263 Å². The van der Waals surface area contributed by atoms with Gasteiger partial charge in [0.15, 0.2) is 0 Å². The highest BCUT2D eigenvalue weighted by molar-refractivity contribution is 5.68. The van der Waals surface area contributed by atoms with Gasteiger partial charge in [0.2, 0.25) is 0 Å². The van der Waals surface area contributed by atoms with Gasteiger partial charge in [-0.2, -0.15) is 0 Å². The molecule has 0 unspecified atom stereocenters. The van der Waals surface area contributed by atoms with Gasteiger partial charge in [0, 0.05) is 32.2 Å². The summed E-state index contributed by atoms with van der Waals surface area (Å²) in [5, 5.41) is 0. The first-order valence-corrected chi connectivity index (χ1v) is 15.9. The molecule has 3 aromatic carbocycles. The minimum Gasteiger partial charge on any atom is -0.444 e. The molecule has 44 heavy (non-hydrogen) atoms. The average Bonchev–Trinajstić information content (AvgIpc) is 3.49. The summed E-state index contributed by atoms with van der Waals surface area (Å²) < 4.78 is 25.8. The minimum atomic E-state index is -0.502. The third-order valence-electron chi connectivity index (χ3n) is 8.46. The van der Waals surface area contributed by atoms with Crippen LogP contribution in [0.15, 0.2) is 91.0 Å². The van der Waals surface area contributed by atoms with Gasteiger partial charge in [0.05, 0.1) is 25.9 Å². The molecule has 2 heterocycles. The summed E-state index contributed by atoms with van der Waals surface area (Å²) in [4.78, 5) is 17.1. The summed E-state index contributed by atoms with van der Waals surface area (Å²) >= 11 is 0. The molecule has 5 rings (SSSR count). The van der Waals surface area contributed by atoms with E-state index in [-0.39, 0.29) is 30.4 Å². The predicted octanol–water partition coefficient (Wildman–Crippen LogP) is 6.70. The molecule has 0 N–H and O–H groups in total. The number of hydrogen-bond acceptors (Lipinski definition) is 6. The quantitative estimate of drug-likeness (QED) is 0.244. The predicted molar refractivity (Wildman–Crippen MR) is 172 cm³/mol. The number of carbonyl (C=O) groups excluding carboxylic acids is 1. The number of likely N-dealkylation sites (tertiary alicyclic amines) is 2. The Morgan fingerprint density at radius 1 is 0.727 bits per heavy atom. The summed E-state index contributed by atoms with van der Waals surface area (Å²) in [6.45, 7) is 12.4. The number of benzene rings is 3. The highest BCUT2D eigenvalue weighted by atomic mass is 16.6. The van der Waals surface area contributed by atoms with Crippen molar-refractivity contribution in [3.05, 3.63) is 108 Å². The first kappa shape index (κ1) is 32.2. The zero-order chi connectivity index (χ0) is 30.9. The van der Waals surface area contributed by atoms with Crippen molar-refractivity contribution in [2.75, 3.05) is 26.2 Å².